The highest BCUT2D eigenvalue weighted by Gasteiger charge is 2.07. The number of aryl methyl sites for hydroxylation is 1. The molecule has 94 valence electrons. The lowest BCUT2D eigenvalue weighted by molar-refractivity contribution is 0.110. The van der Waals surface area contributed by atoms with Gasteiger partial charge >= 0.3 is 0 Å². The van der Waals surface area contributed by atoms with Gasteiger partial charge in [-0.2, -0.15) is 0 Å². The topological polar surface area (TPSA) is 35.1 Å². The summed E-state index contributed by atoms with van der Waals surface area (Å²) in [6, 6.07) is 13.6. The van der Waals surface area contributed by atoms with Crippen LogP contribution in [0.4, 0.5) is 0 Å². The van der Waals surface area contributed by atoms with Crippen molar-refractivity contribution < 1.29 is 9.21 Å². The number of carbonyl (C=O) groups excluding carboxylic acids is 1. The summed E-state index contributed by atoms with van der Waals surface area (Å²) in [5.74, 6) is 1.05. The molecule has 3 aromatic rings. The van der Waals surface area contributed by atoms with E-state index in [1.807, 2.05) is 42.7 Å². The lowest BCUT2D eigenvalue weighted by atomic mass is 10.1. The van der Waals surface area contributed by atoms with Crippen LogP contribution in [0.15, 0.2) is 59.3 Å². The Morgan fingerprint density at radius 2 is 1.89 bits per heavy atom. The predicted octanol–water partition coefficient (Wildman–Crippen LogP) is 3.86. The normalized spacial score (nSPS) is 10.6. The number of furan rings is 1. The number of benzene rings is 1. The van der Waals surface area contributed by atoms with Gasteiger partial charge in [-0.25, -0.2) is 0 Å². The van der Waals surface area contributed by atoms with Crippen LogP contribution < -0.4 is 0 Å². The summed E-state index contributed by atoms with van der Waals surface area (Å²) < 4.78 is 7.51. The molecule has 0 aliphatic carbocycles. The molecule has 3 heteroatoms. The summed E-state index contributed by atoms with van der Waals surface area (Å²) in [5.41, 5.74) is 3.25. The van der Waals surface area contributed by atoms with Crippen molar-refractivity contribution in [2.45, 2.75) is 6.92 Å². The van der Waals surface area contributed by atoms with Crippen molar-refractivity contribution in [3.63, 3.8) is 0 Å². The summed E-state index contributed by atoms with van der Waals surface area (Å²) in [5, 5.41) is 0. The summed E-state index contributed by atoms with van der Waals surface area (Å²) in [4.78, 5) is 10.7. The number of rotatable bonds is 3. The van der Waals surface area contributed by atoms with E-state index in [0.717, 1.165) is 11.3 Å². The lowest BCUT2D eigenvalue weighted by Crippen LogP contribution is -1.93. The van der Waals surface area contributed by atoms with Crippen molar-refractivity contribution in [3.8, 4) is 17.0 Å². The molecule has 2 aromatic heterocycles. The maximum atomic E-state index is 10.7. The van der Waals surface area contributed by atoms with Crippen LogP contribution in [0.5, 0.6) is 0 Å². The van der Waals surface area contributed by atoms with E-state index in [1.54, 1.807) is 6.07 Å². The molecule has 0 spiro atoms. The van der Waals surface area contributed by atoms with Crippen LogP contribution >= 0.6 is 0 Å². The molecular weight excluding hydrogens is 238 g/mol. The molecule has 0 N–H and O–H groups in total. The van der Waals surface area contributed by atoms with E-state index < -0.39 is 0 Å². The van der Waals surface area contributed by atoms with Crippen LogP contribution in [0, 0.1) is 6.92 Å². The minimum Gasteiger partial charge on any atom is -0.453 e. The zero-order chi connectivity index (χ0) is 13.2. The van der Waals surface area contributed by atoms with Gasteiger partial charge in [0.2, 0.25) is 0 Å². The third kappa shape index (κ3) is 2.10. The molecule has 0 fully saturated rings. The zero-order valence-corrected chi connectivity index (χ0v) is 10.5. The second kappa shape index (κ2) is 4.61. The lowest BCUT2D eigenvalue weighted by Gasteiger charge is -2.09. The van der Waals surface area contributed by atoms with Gasteiger partial charge in [-0.3, -0.25) is 4.79 Å². The van der Waals surface area contributed by atoms with Crippen molar-refractivity contribution in [2.24, 2.45) is 0 Å². The van der Waals surface area contributed by atoms with E-state index >= 15 is 0 Å². The quantitative estimate of drug-likeness (QED) is 0.662. The van der Waals surface area contributed by atoms with Gasteiger partial charge in [0.25, 0.3) is 0 Å². The molecule has 0 unspecified atom stereocenters. The molecule has 3 nitrogen and oxygen atoms in total. The van der Waals surface area contributed by atoms with E-state index in [1.165, 1.54) is 5.56 Å². The molecule has 0 aliphatic rings. The van der Waals surface area contributed by atoms with Gasteiger partial charge < -0.3 is 8.98 Å². The molecule has 1 aromatic carbocycles. The first-order valence-corrected chi connectivity index (χ1v) is 6.07. The van der Waals surface area contributed by atoms with Gasteiger partial charge in [-0.05, 0) is 42.8 Å². The van der Waals surface area contributed by atoms with Gasteiger partial charge in [0.05, 0.1) is 0 Å². The summed E-state index contributed by atoms with van der Waals surface area (Å²) in [6.07, 6.45) is 4.72. The highest BCUT2D eigenvalue weighted by atomic mass is 16.3. The monoisotopic (exact) mass is 251 g/mol. The van der Waals surface area contributed by atoms with Crippen LogP contribution in [0.2, 0.25) is 0 Å². The number of hydrogen-bond acceptors (Lipinski definition) is 2. The Morgan fingerprint density at radius 1 is 1.11 bits per heavy atom. The molecule has 19 heavy (non-hydrogen) atoms. The second-order valence-electron chi connectivity index (χ2n) is 4.41. The fraction of sp³-hybridized carbons (Fsp3) is 0.0625. The SMILES string of the molecule is Cc1ccc(-c2ccc(C=O)o2)cc1-n1cccc1. The average molecular weight is 251 g/mol. The fourth-order valence-electron chi connectivity index (χ4n) is 2.11. The standard InChI is InChI=1S/C16H13NO2/c1-12-4-5-13(16-7-6-14(11-18)19-16)10-15(12)17-8-2-3-9-17/h2-11H,1H3. The van der Waals surface area contributed by atoms with E-state index in [2.05, 4.69) is 17.6 Å². The molecule has 0 amide bonds. The smallest absolute Gasteiger partial charge is 0.185 e. The summed E-state index contributed by atoms with van der Waals surface area (Å²) in [6.45, 7) is 2.07. The minimum atomic E-state index is 0.345. The van der Waals surface area contributed by atoms with Crippen LogP contribution in [0.1, 0.15) is 16.1 Å². The van der Waals surface area contributed by atoms with Gasteiger partial charge in [0, 0.05) is 23.6 Å². The number of aldehydes is 1. The van der Waals surface area contributed by atoms with Crippen LogP contribution in [-0.4, -0.2) is 10.9 Å². The Labute approximate surface area is 111 Å². The fourth-order valence-corrected chi connectivity index (χ4v) is 2.11. The van der Waals surface area contributed by atoms with Crippen molar-refractivity contribution in [2.75, 3.05) is 0 Å². The highest BCUT2D eigenvalue weighted by Crippen LogP contribution is 2.26. The summed E-state index contributed by atoms with van der Waals surface area (Å²) in [7, 11) is 0. The summed E-state index contributed by atoms with van der Waals surface area (Å²) >= 11 is 0. The minimum absolute atomic E-state index is 0.345. The Kier molecular flexibility index (Phi) is 2.80. The maximum Gasteiger partial charge on any atom is 0.185 e. The van der Waals surface area contributed by atoms with E-state index in [4.69, 9.17) is 4.42 Å². The molecular formula is C16H13NO2. The van der Waals surface area contributed by atoms with E-state index in [9.17, 15) is 4.79 Å². The highest BCUT2D eigenvalue weighted by molar-refractivity contribution is 5.73. The third-order valence-corrected chi connectivity index (χ3v) is 3.12. The predicted molar refractivity (Wildman–Crippen MR) is 73.6 cm³/mol. The number of hydrogen-bond donors (Lipinski definition) is 0. The van der Waals surface area contributed by atoms with Gasteiger partial charge in [-0.1, -0.05) is 12.1 Å². The van der Waals surface area contributed by atoms with Crippen molar-refractivity contribution in [1.82, 2.24) is 4.57 Å². The largest absolute Gasteiger partial charge is 0.453 e. The Balaban J connectivity index is 2.09. The number of nitrogens with zero attached hydrogens (tertiary/aromatic N) is 1. The van der Waals surface area contributed by atoms with Crippen molar-refractivity contribution in [1.29, 1.82) is 0 Å². The van der Waals surface area contributed by atoms with E-state index in [-0.39, 0.29) is 0 Å². The van der Waals surface area contributed by atoms with Gasteiger partial charge in [-0.15, -0.1) is 0 Å². The molecule has 0 radical (unpaired) electrons. The van der Waals surface area contributed by atoms with Crippen LogP contribution in [0.25, 0.3) is 17.0 Å². The van der Waals surface area contributed by atoms with Gasteiger partial charge in [0.15, 0.2) is 12.0 Å². The first-order valence-electron chi connectivity index (χ1n) is 6.07. The number of carbonyl (C=O) groups is 1. The number of aromatic nitrogens is 1. The zero-order valence-electron chi connectivity index (χ0n) is 10.5. The van der Waals surface area contributed by atoms with Crippen molar-refractivity contribution in [3.05, 3.63) is 66.2 Å². The van der Waals surface area contributed by atoms with Crippen LogP contribution in [0.3, 0.4) is 0 Å². The average Bonchev–Trinajstić information content (AvgIpc) is 3.10. The van der Waals surface area contributed by atoms with Crippen LogP contribution in [-0.2, 0) is 0 Å². The molecule has 0 saturated heterocycles. The second-order valence-corrected chi connectivity index (χ2v) is 4.41. The van der Waals surface area contributed by atoms with E-state index in [0.29, 0.717) is 17.8 Å². The maximum absolute atomic E-state index is 10.7. The first kappa shape index (κ1) is 11.5. The first-order chi connectivity index (χ1) is 9.28. The molecule has 0 aliphatic heterocycles. The Bertz CT molecular complexity index is 708. The molecule has 0 saturated carbocycles. The molecule has 0 atom stereocenters. The Hall–Kier alpha value is -2.55. The molecule has 2 heterocycles. The van der Waals surface area contributed by atoms with Gasteiger partial charge in [0.1, 0.15) is 5.76 Å². The Morgan fingerprint density at radius 3 is 2.58 bits per heavy atom. The third-order valence-electron chi connectivity index (χ3n) is 3.12. The molecule has 0 bridgehead atoms. The molecule has 3 rings (SSSR count). The van der Waals surface area contributed by atoms with Crippen molar-refractivity contribution >= 4 is 6.29 Å².